The minimum Gasteiger partial charge on any atom is -0.491 e. The lowest BCUT2D eigenvalue weighted by molar-refractivity contribution is -0.149. The summed E-state index contributed by atoms with van der Waals surface area (Å²) in [6.07, 6.45) is 6.85. The lowest BCUT2D eigenvalue weighted by Gasteiger charge is -2.32. The summed E-state index contributed by atoms with van der Waals surface area (Å²) < 4.78 is 13.8. The maximum Gasteiger partial charge on any atom is 0.297 e. The van der Waals surface area contributed by atoms with Crippen molar-refractivity contribution in [1.29, 1.82) is 0 Å². The summed E-state index contributed by atoms with van der Waals surface area (Å²) in [6.45, 7) is 12.4. The Labute approximate surface area is 308 Å². The van der Waals surface area contributed by atoms with E-state index in [9.17, 15) is 24.3 Å². The number of aromatic nitrogens is 1. The molecule has 10 nitrogen and oxygen atoms in total. The van der Waals surface area contributed by atoms with Gasteiger partial charge in [0.05, 0.1) is 31.9 Å². The Kier molecular flexibility index (Phi) is 12.1. The van der Waals surface area contributed by atoms with E-state index >= 15 is 0 Å². The SMILES string of the molecule is COc1cccn(-c2ccc3c(c2)[C@]2(O[C@@H](CC(=O)N(CCO)Cc4ccccc4)[C@H]([Si](C)(C)O)[C@H]2C)C(=O)N3C/C=C(\C)CCC=C(C)C)c1=O. The third kappa shape index (κ3) is 7.87. The number of fused-ring (bicyclic) bond motifs is 2. The molecule has 1 aromatic heterocycles. The first-order valence-corrected chi connectivity index (χ1v) is 21.1. The molecule has 5 rings (SSSR count). The average molecular weight is 728 g/mol. The van der Waals surface area contributed by atoms with Gasteiger partial charge >= 0.3 is 0 Å². The van der Waals surface area contributed by atoms with Crippen molar-refractivity contribution in [1.82, 2.24) is 9.47 Å². The van der Waals surface area contributed by atoms with Crippen LogP contribution in [0.2, 0.25) is 18.6 Å². The second-order valence-corrected chi connectivity index (χ2v) is 18.8. The van der Waals surface area contributed by atoms with Gasteiger partial charge in [-0.2, -0.15) is 0 Å². The van der Waals surface area contributed by atoms with Crippen molar-refractivity contribution in [2.24, 2.45) is 5.92 Å². The fourth-order valence-corrected chi connectivity index (χ4v) is 10.4. The monoisotopic (exact) mass is 727 g/mol. The van der Waals surface area contributed by atoms with Crippen molar-refractivity contribution in [2.75, 3.05) is 31.7 Å². The summed E-state index contributed by atoms with van der Waals surface area (Å²) in [7, 11) is -1.63. The zero-order valence-electron chi connectivity index (χ0n) is 31.5. The second-order valence-electron chi connectivity index (χ2n) is 14.8. The van der Waals surface area contributed by atoms with Crippen LogP contribution in [0.15, 0.2) is 95.0 Å². The molecule has 3 aromatic rings. The summed E-state index contributed by atoms with van der Waals surface area (Å²) in [5.41, 5.74) is 2.80. The van der Waals surface area contributed by atoms with Crippen LogP contribution in [0.25, 0.3) is 5.69 Å². The third-order valence-electron chi connectivity index (χ3n) is 10.4. The Morgan fingerprint density at radius 3 is 2.44 bits per heavy atom. The Balaban J connectivity index is 1.58. The lowest BCUT2D eigenvalue weighted by Crippen LogP contribution is -2.46. The number of anilines is 1. The maximum absolute atomic E-state index is 15.0. The smallest absolute Gasteiger partial charge is 0.297 e. The second kappa shape index (κ2) is 16.2. The predicted molar refractivity (Wildman–Crippen MR) is 206 cm³/mol. The van der Waals surface area contributed by atoms with Crippen LogP contribution in [0.4, 0.5) is 5.69 Å². The van der Waals surface area contributed by atoms with Crippen LogP contribution in [-0.2, 0) is 26.5 Å². The first kappa shape index (κ1) is 38.9. The molecular weight excluding hydrogens is 675 g/mol. The van der Waals surface area contributed by atoms with Crippen molar-refractivity contribution in [3.63, 3.8) is 0 Å². The summed E-state index contributed by atoms with van der Waals surface area (Å²) in [5, 5.41) is 9.87. The third-order valence-corrected chi connectivity index (χ3v) is 12.9. The molecule has 0 radical (unpaired) electrons. The molecule has 1 saturated heterocycles. The number of nitrogens with zero attached hydrogens (tertiary/aromatic N) is 3. The number of aliphatic hydroxyl groups is 1. The Bertz CT molecular complexity index is 1880. The highest BCUT2D eigenvalue weighted by Crippen LogP contribution is 2.60. The zero-order chi connectivity index (χ0) is 37.8. The van der Waals surface area contributed by atoms with E-state index in [1.165, 1.54) is 17.3 Å². The number of carbonyl (C=O) groups is 2. The minimum absolute atomic E-state index is 0.0679. The molecule has 2 aliphatic rings. The quantitative estimate of drug-likeness (QED) is 0.152. The highest BCUT2D eigenvalue weighted by atomic mass is 28.4. The topological polar surface area (TPSA) is 122 Å². The molecular formula is C41H53N3O7Si. The Hall–Kier alpha value is -4.29. The fourth-order valence-electron chi connectivity index (χ4n) is 7.88. The van der Waals surface area contributed by atoms with Crippen molar-refractivity contribution >= 4 is 25.8 Å². The molecule has 3 heterocycles. The maximum atomic E-state index is 15.0. The van der Waals surface area contributed by atoms with Gasteiger partial charge in [-0.05, 0) is 82.6 Å². The van der Waals surface area contributed by atoms with Gasteiger partial charge in [0.1, 0.15) is 0 Å². The number of benzene rings is 2. The van der Waals surface area contributed by atoms with Gasteiger partial charge in [0.2, 0.25) is 5.91 Å². The van der Waals surface area contributed by atoms with Crippen LogP contribution in [0.3, 0.4) is 0 Å². The zero-order valence-corrected chi connectivity index (χ0v) is 32.5. The van der Waals surface area contributed by atoms with E-state index < -0.39 is 31.5 Å². The van der Waals surface area contributed by atoms with Crippen molar-refractivity contribution in [3.8, 4) is 11.4 Å². The van der Waals surface area contributed by atoms with Gasteiger partial charge < -0.3 is 29.2 Å². The van der Waals surface area contributed by atoms with E-state index in [4.69, 9.17) is 9.47 Å². The molecule has 11 heteroatoms. The molecule has 0 aliphatic carbocycles. The van der Waals surface area contributed by atoms with Gasteiger partial charge in [-0.1, -0.05) is 60.6 Å². The van der Waals surface area contributed by atoms with E-state index in [1.54, 1.807) is 28.1 Å². The predicted octanol–water partition coefficient (Wildman–Crippen LogP) is 6.09. The summed E-state index contributed by atoms with van der Waals surface area (Å²) >= 11 is 0. The largest absolute Gasteiger partial charge is 0.491 e. The van der Waals surface area contributed by atoms with E-state index in [1.807, 2.05) is 68.5 Å². The van der Waals surface area contributed by atoms with Gasteiger partial charge in [-0.15, -0.1) is 0 Å². The number of rotatable bonds is 14. The van der Waals surface area contributed by atoms with Gasteiger partial charge in [0, 0.05) is 48.5 Å². The van der Waals surface area contributed by atoms with Crippen LogP contribution in [-0.4, -0.2) is 72.4 Å². The van der Waals surface area contributed by atoms with Gasteiger partial charge in [0.15, 0.2) is 19.7 Å². The van der Waals surface area contributed by atoms with E-state index in [0.717, 1.165) is 24.0 Å². The van der Waals surface area contributed by atoms with Gasteiger partial charge in [-0.3, -0.25) is 19.0 Å². The normalized spacial score (nSPS) is 21.4. The summed E-state index contributed by atoms with van der Waals surface area (Å²) in [6, 6.07) is 18.4. The number of allylic oxidation sites excluding steroid dienone is 3. The molecule has 2 aliphatic heterocycles. The number of hydrogen-bond acceptors (Lipinski definition) is 7. The Morgan fingerprint density at radius 2 is 1.79 bits per heavy atom. The van der Waals surface area contributed by atoms with Crippen LogP contribution in [0.5, 0.6) is 5.75 Å². The summed E-state index contributed by atoms with van der Waals surface area (Å²) in [5.74, 6) is -0.810. The molecule has 1 fully saturated rings. The van der Waals surface area contributed by atoms with Crippen molar-refractivity contribution in [3.05, 3.63) is 112 Å². The van der Waals surface area contributed by atoms with Gasteiger partial charge in [-0.25, -0.2) is 0 Å². The average Bonchev–Trinajstić information content (AvgIpc) is 3.52. The molecule has 0 unspecified atom stereocenters. The molecule has 2 aromatic carbocycles. The number of hydrogen-bond donors (Lipinski definition) is 2. The number of aliphatic hydroxyl groups excluding tert-OH is 1. The van der Waals surface area contributed by atoms with E-state index in [2.05, 4.69) is 32.9 Å². The number of carbonyl (C=O) groups excluding carboxylic acids is 2. The molecule has 52 heavy (non-hydrogen) atoms. The number of pyridine rings is 1. The first-order valence-electron chi connectivity index (χ1n) is 18.1. The number of amides is 2. The Morgan fingerprint density at radius 1 is 1.06 bits per heavy atom. The molecule has 0 saturated carbocycles. The van der Waals surface area contributed by atoms with E-state index in [-0.39, 0.29) is 42.7 Å². The van der Waals surface area contributed by atoms with Crippen LogP contribution < -0.4 is 15.2 Å². The van der Waals surface area contributed by atoms with Crippen LogP contribution in [0.1, 0.15) is 58.1 Å². The van der Waals surface area contributed by atoms with Crippen molar-refractivity contribution < 1.29 is 29.0 Å². The number of methoxy groups -OCH3 is 1. The summed E-state index contributed by atoms with van der Waals surface area (Å²) in [4.78, 5) is 57.5. The first-order chi connectivity index (χ1) is 24.7. The highest BCUT2D eigenvalue weighted by molar-refractivity contribution is 6.71. The van der Waals surface area contributed by atoms with E-state index in [0.29, 0.717) is 30.0 Å². The lowest BCUT2D eigenvalue weighted by atomic mass is 9.82. The van der Waals surface area contributed by atoms with Crippen molar-refractivity contribution in [2.45, 2.75) is 83.8 Å². The molecule has 1 spiro atoms. The van der Waals surface area contributed by atoms with Crippen LogP contribution in [0, 0.1) is 5.92 Å². The standard InChI is InChI=1S/C41H53N3O7Si/c1-28(2)13-11-14-29(3)20-22-44-34-19-18-32(43-21-12-17-35(50-5)39(43)47)25-33(34)41(40(44)48)30(4)38(52(6,7)49)36(51-41)26-37(46)42(23-24-45)27-31-15-9-8-10-16-31/h8-10,12-13,15-21,25,30,36,38,45,49H,11,14,22-24,26-27H2,1-7H3/b29-20+/t30-,36+,38-,41+/m1/s1. The van der Waals surface area contributed by atoms with Crippen LogP contribution >= 0.6 is 0 Å². The molecule has 2 amide bonds. The molecule has 4 atom stereocenters. The minimum atomic E-state index is -3.08. The molecule has 278 valence electrons. The van der Waals surface area contributed by atoms with Gasteiger partial charge in [0.25, 0.3) is 11.5 Å². The highest BCUT2D eigenvalue weighted by Gasteiger charge is 2.66. The molecule has 0 bridgehead atoms. The molecule has 2 N–H and O–H groups in total. The fraction of sp³-hybridized carbons (Fsp3) is 0.439. The number of ether oxygens (including phenoxy) is 2.